The average Bonchev–Trinajstić information content (AvgIpc) is 3.12. The summed E-state index contributed by atoms with van der Waals surface area (Å²) in [6.45, 7) is 12.5. The van der Waals surface area contributed by atoms with Gasteiger partial charge in [0.25, 0.3) is 0 Å². The van der Waals surface area contributed by atoms with Crippen LogP contribution < -0.4 is 0 Å². The number of likely N-dealkylation sites (tertiary alicyclic amines) is 1. The fraction of sp³-hybridized carbons (Fsp3) is 0.875. The van der Waals surface area contributed by atoms with E-state index < -0.39 is 6.10 Å². The van der Waals surface area contributed by atoms with Crippen molar-refractivity contribution in [1.82, 2.24) is 4.90 Å². The Morgan fingerprint density at radius 2 is 2.07 bits per heavy atom. The first-order chi connectivity index (χ1) is 13.7. The number of carbonyl (C=O) groups is 1. The third-order valence-corrected chi connectivity index (χ3v) is 10.8. The number of ether oxygens (including phenoxy) is 1. The summed E-state index contributed by atoms with van der Waals surface area (Å²) < 4.78 is 6.07. The van der Waals surface area contributed by atoms with Gasteiger partial charge in [0.2, 0.25) is 0 Å². The van der Waals surface area contributed by atoms with Gasteiger partial charge in [0.15, 0.2) is 0 Å². The maximum absolute atomic E-state index is 12.2. The van der Waals surface area contributed by atoms with Crippen molar-refractivity contribution in [2.75, 3.05) is 13.1 Å². The fourth-order valence-electron chi connectivity index (χ4n) is 10.3. The molecule has 6 aliphatic carbocycles. The van der Waals surface area contributed by atoms with E-state index in [1.165, 1.54) is 6.92 Å². The average molecular weight is 402 g/mol. The number of aliphatic hydroxyl groups is 2. The summed E-state index contributed by atoms with van der Waals surface area (Å²) in [4.78, 5) is 14.8. The van der Waals surface area contributed by atoms with Crippen molar-refractivity contribution in [3.63, 3.8) is 0 Å². The highest BCUT2D eigenvalue weighted by Gasteiger charge is 2.86. The summed E-state index contributed by atoms with van der Waals surface area (Å²) in [5.41, 5.74) is 0.492. The van der Waals surface area contributed by atoms with E-state index in [0.717, 1.165) is 50.8 Å². The number of nitrogens with zero attached hydrogens (tertiary/aromatic N) is 1. The Balaban J connectivity index is 1.61. The molecule has 7 bridgehead atoms. The maximum atomic E-state index is 12.2. The van der Waals surface area contributed by atoms with Gasteiger partial charge in [-0.05, 0) is 61.5 Å². The minimum Gasteiger partial charge on any atom is -0.462 e. The summed E-state index contributed by atoms with van der Waals surface area (Å²) in [5.74, 6) is 0.606. The van der Waals surface area contributed by atoms with E-state index >= 15 is 0 Å². The third kappa shape index (κ3) is 1.77. The predicted molar refractivity (Wildman–Crippen MR) is 108 cm³/mol. The highest BCUT2D eigenvalue weighted by atomic mass is 16.5. The molecule has 0 aromatic carbocycles. The summed E-state index contributed by atoms with van der Waals surface area (Å²) >= 11 is 0. The van der Waals surface area contributed by atoms with Gasteiger partial charge >= 0.3 is 5.97 Å². The number of hydrogen-bond acceptors (Lipinski definition) is 5. The van der Waals surface area contributed by atoms with Crippen LogP contribution in [0.2, 0.25) is 0 Å². The van der Waals surface area contributed by atoms with Gasteiger partial charge in [0.05, 0.1) is 12.2 Å². The maximum Gasteiger partial charge on any atom is 0.302 e. The van der Waals surface area contributed by atoms with E-state index in [-0.39, 0.29) is 52.3 Å². The van der Waals surface area contributed by atoms with Crippen LogP contribution >= 0.6 is 0 Å². The van der Waals surface area contributed by atoms with Crippen molar-refractivity contribution in [3.05, 3.63) is 12.2 Å². The van der Waals surface area contributed by atoms with Gasteiger partial charge in [0.1, 0.15) is 6.10 Å². The van der Waals surface area contributed by atoms with Crippen LogP contribution in [-0.2, 0) is 9.53 Å². The van der Waals surface area contributed by atoms with E-state index in [1.807, 2.05) is 0 Å². The zero-order chi connectivity index (χ0) is 20.5. The Hall–Kier alpha value is -0.910. The molecule has 0 aromatic rings. The van der Waals surface area contributed by atoms with Crippen LogP contribution in [0.15, 0.2) is 12.2 Å². The Kier molecular flexibility index (Phi) is 3.55. The first kappa shape index (κ1) is 18.8. The highest BCUT2D eigenvalue weighted by molar-refractivity contribution is 5.66. The number of fused-ring (bicyclic) bond motifs is 2. The van der Waals surface area contributed by atoms with Crippen LogP contribution in [0.3, 0.4) is 0 Å². The molecule has 11 atom stereocenters. The molecule has 1 aliphatic heterocycles. The van der Waals surface area contributed by atoms with Gasteiger partial charge in [-0.15, -0.1) is 0 Å². The molecule has 0 unspecified atom stereocenters. The van der Waals surface area contributed by atoms with Gasteiger partial charge in [-0.2, -0.15) is 0 Å². The normalized spacial score (nSPS) is 59.7. The first-order valence-corrected chi connectivity index (χ1v) is 11.7. The molecule has 160 valence electrons. The molecule has 6 saturated carbocycles. The van der Waals surface area contributed by atoms with E-state index in [4.69, 9.17) is 4.74 Å². The van der Waals surface area contributed by atoms with E-state index in [1.54, 1.807) is 0 Å². The second kappa shape index (κ2) is 5.46. The van der Waals surface area contributed by atoms with Gasteiger partial charge in [-0.1, -0.05) is 20.4 Å². The molecule has 5 nitrogen and oxygen atoms in total. The number of carbonyl (C=O) groups excluding carboxylic acids is 1. The van der Waals surface area contributed by atoms with Crippen LogP contribution in [0.1, 0.15) is 52.9 Å². The molecule has 1 heterocycles. The lowest BCUT2D eigenvalue weighted by Crippen LogP contribution is -2.72. The van der Waals surface area contributed by atoms with Gasteiger partial charge in [0, 0.05) is 42.2 Å². The zero-order valence-corrected chi connectivity index (χ0v) is 17.9. The quantitative estimate of drug-likeness (QED) is 0.549. The van der Waals surface area contributed by atoms with Crippen LogP contribution in [0.5, 0.6) is 0 Å². The predicted octanol–water partition coefficient (Wildman–Crippen LogP) is 2.36. The van der Waals surface area contributed by atoms with Gasteiger partial charge in [-0.3, -0.25) is 9.69 Å². The second-order valence-electron chi connectivity index (χ2n) is 11.4. The van der Waals surface area contributed by atoms with E-state index in [2.05, 4.69) is 25.3 Å². The molecular weight excluding hydrogens is 366 g/mol. The largest absolute Gasteiger partial charge is 0.462 e. The van der Waals surface area contributed by atoms with E-state index in [0.29, 0.717) is 11.8 Å². The van der Waals surface area contributed by atoms with Crippen molar-refractivity contribution in [2.24, 2.45) is 39.9 Å². The van der Waals surface area contributed by atoms with Crippen molar-refractivity contribution in [1.29, 1.82) is 0 Å². The van der Waals surface area contributed by atoms with Crippen molar-refractivity contribution >= 4 is 5.97 Å². The number of hydrogen-bond donors (Lipinski definition) is 2. The lowest BCUT2D eigenvalue weighted by Gasteiger charge is -2.69. The Bertz CT molecular complexity index is 798. The van der Waals surface area contributed by atoms with Crippen LogP contribution in [-0.4, -0.2) is 58.5 Å². The summed E-state index contributed by atoms with van der Waals surface area (Å²) in [7, 11) is 0. The second-order valence-corrected chi connectivity index (χ2v) is 11.4. The minimum absolute atomic E-state index is 0.0192. The van der Waals surface area contributed by atoms with Gasteiger partial charge < -0.3 is 14.9 Å². The summed E-state index contributed by atoms with van der Waals surface area (Å²) in [5, 5.41) is 23.3. The molecular formula is C24H35NO4. The molecule has 29 heavy (non-hydrogen) atoms. The van der Waals surface area contributed by atoms with Gasteiger partial charge in [-0.25, -0.2) is 0 Å². The molecule has 2 N–H and O–H groups in total. The van der Waals surface area contributed by atoms with Crippen LogP contribution in [0, 0.1) is 39.9 Å². The monoisotopic (exact) mass is 401 g/mol. The molecule has 2 spiro atoms. The smallest absolute Gasteiger partial charge is 0.302 e. The summed E-state index contributed by atoms with van der Waals surface area (Å²) in [6.07, 6.45) is 3.72. The van der Waals surface area contributed by atoms with Crippen molar-refractivity contribution in [3.8, 4) is 0 Å². The SMILES string of the molecule is C=C1[C@H]2CC[C@@]3([C@@H]1O)[C@@H]([C@H]2OC(C)=O)[C@]12[C@@H]4C[C@H]3[C@H]1N(CC)C[C@]4(C)CC[C@@H]2O. The Morgan fingerprint density at radius 1 is 1.31 bits per heavy atom. The molecule has 0 aromatic heterocycles. The Morgan fingerprint density at radius 3 is 2.76 bits per heavy atom. The number of aliphatic hydroxyl groups excluding tert-OH is 2. The number of rotatable bonds is 2. The fourth-order valence-corrected chi connectivity index (χ4v) is 10.3. The van der Waals surface area contributed by atoms with Crippen LogP contribution in [0.4, 0.5) is 0 Å². The standard InChI is InChI=1S/C24H35NO4/c1-5-25-11-22(4)8-7-17(27)24-16(22)10-15(20(24)25)23-9-6-14(12(2)21(23)28)18(19(23)24)29-13(3)26/h14-21,27-28H,2,5-11H2,1,3-4H3/t14-,15+,16-,17+,18+,19-,20-,21-,22+,23+,24-/m1/s1. The number of esters is 1. The minimum atomic E-state index is -0.539. The lowest BCUT2D eigenvalue weighted by atomic mass is 9.38. The molecule has 7 rings (SSSR count). The highest BCUT2D eigenvalue weighted by Crippen LogP contribution is 2.83. The third-order valence-electron chi connectivity index (χ3n) is 10.8. The molecule has 7 fully saturated rings. The Labute approximate surface area is 173 Å². The van der Waals surface area contributed by atoms with Crippen molar-refractivity contribution in [2.45, 2.75) is 77.2 Å². The molecule has 0 radical (unpaired) electrons. The molecule has 7 aliphatic rings. The lowest BCUT2D eigenvalue weighted by molar-refractivity contribution is -0.261. The van der Waals surface area contributed by atoms with Crippen molar-refractivity contribution < 1.29 is 19.7 Å². The topological polar surface area (TPSA) is 70.0 Å². The molecule has 0 amide bonds. The first-order valence-electron chi connectivity index (χ1n) is 11.7. The zero-order valence-electron chi connectivity index (χ0n) is 17.9. The molecule has 1 saturated heterocycles. The van der Waals surface area contributed by atoms with E-state index in [9.17, 15) is 15.0 Å². The van der Waals surface area contributed by atoms with Crippen LogP contribution in [0.25, 0.3) is 0 Å². The number of piperidine rings is 1. The summed E-state index contributed by atoms with van der Waals surface area (Å²) in [6, 6.07) is 0.281. The molecule has 5 heteroatoms.